The molecule has 0 fully saturated rings. The zero-order valence-corrected chi connectivity index (χ0v) is 10.9. The first kappa shape index (κ1) is 14.4. The van der Waals surface area contributed by atoms with Crippen molar-refractivity contribution in [1.29, 1.82) is 0 Å². The molecule has 4 heteroatoms. The van der Waals surface area contributed by atoms with Crippen molar-refractivity contribution in [3.05, 3.63) is 0 Å². The fourth-order valence-electron chi connectivity index (χ4n) is 1.10. The molecule has 0 N–H and O–H groups in total. The Bertz CT molecular complexity index is 211. The van der Waals surface area contributed by atoms with Crippen LogP contribution in [0.1, 0.15) is 40.5 Å². The summed E-state index contributed by atoms with van der Waals surface area (Å²) >= 11 is 4.75. The molecule has 0 saturated heterocycles. The molecule has 0 bridgehead atoms. The van der Waals surface area contributed by atoms with Crippen molar-refractivity contribution in [1.82, 2.24) is 4.90 Å². The molecule has 15 heavy (non-hydrogen) atoms. The zero-order chi connectivity index (χ0) is 11.9. The topological polar surface area (TPSA) is 29.5 Å². The number of carbonyl (C=O) groups excluding carboxylic acids is 1. The predicted molar refractivity (Wildman–Crippen MR) is 66.4 cm³/mol. The first-order valence-corrected chi connectivity index (χ1v) is 5.79. The Morgan fingerprint density at radius 1 is 1.40 bits per heavy atom. The van der Waals surface area contributed by atoms with Crippen molar-refractivity contribution in [3.63, 3.8) is 0 Å². The first-order valence-electron chi connectivity index (χ1n) is 5.32. The standard InChI is InChI=1S/C11H21NO2S/c1-5-7-12(8-6-9-15)10(13)14-11(2,3)4/h9H,5-8H2,1-4H3. The summed E-state index contributed by atoms with van der Waals surface area (Å²) in [6.07, 6.45) is 1.41. The normalized spacial score (nSPS) is 10.9. The van der Waals surface area contributed by atoms with Crippen molar-refractivity contribution >= 4 is 23.7 Å². The molecule has 0 rings (SSSR count). The van der Waals surface area contributed by atoms with E-state index in [1.165, 1.54) is 0 Å². The molecule has 0 radical (unpaired) electrons. The van der Waals surface area contributed by atoms with Crippen LogP contribution < -0.4 is 0 Å². The van der Waals surface area contributed by atoms with Gasteiger partial charge in [-0.2, -0.15) is 0 Å². The van der Waals surface area contributed by atoms with Crippen molar-refractivity contribution in [2.75, 3.05) is 13.1 Å². The third-order valence-electron chi connectivity index (χ3n) is 1.66. The minimum absolute atomic E-state index is 0.249. The van der Waals surface area contributed by atoms with E-state index in [0.29, 0.717) is 6.54 Å². The summed E-state index contributed by atoms with van der Waals surface area (Å²) in [7, 11) is 0. The molecule has 88 valence electrons. The molecule has 0 spiro atoms. The number of thiocarbonyl (C=S) groups is 1. The van der Waals surface area contributed by atoms with E-state index in [1.807, 2.05) is 27.7 Å². The maximum atomic E-state index is 11.7. The number of amides is 1. The average molecular weight is 231 g/mol. The molecule has 1 amide bonds. The Labute approximate surface area is 97.8 Å². The van der Waals surface area contributed by atoms with Gasteiger partial charge < -0.3 is 9.64 Å². The quantitative estimate of drug-likeness (QED) is 0.681. The lowest BCUT2D eigenvalue weighted by molar-refractivity contribution is 0.0256. The highest BCUT2D eigenvalue weighted by atomic mass is 32.1. The van der Waals surface area contributed by atoms with Gasteiger partial charge in [-0.15, -0.1) is 0 Å². The molecule has 0 aromatic carbocycles. The Kier molecular flexibility index (Phi) is 6.48. The third-order valence-corrected chi connectivity index (χ3v) is 1.90. The lowest BCUT2D eigenvalue weighted by Crippen LogP contribution is -2.37. The highest BCUT2D eigenvalue weighted by Gasteiger charge is 2.20. The maximum Gasteiger partial charge on any atom is 0.410 e. The Hall–Kier alpha value is -0.640. The summed E-state index contributed by atoms with van der Waals surface area (Å²) < 4.78 is 5.29. The summed E-state index contributed by atoms with van der Waals surface area (Å²) in [4.78, 5) is 13.4. The number of rotatable bonds is 5. The molecular formula is C11H21NO2S. The van der Waals surface area contributed by atoms with Crippen LogP contribution in [-0.2, 0) is 4.74 Å². The molecule has 0 aromatic rings. The van der Waals surface area contributed by atoms with Gasteiger partial charge in [0, 0.05) is 13.1 Å². The van der Waals surface area contributed by atoms with E-state index in [4.69, 9.17) is 17.0 Å². The van der Waals surface area contributed by atoms with Gasteiger partial charge in [0.2, 0.25) is 0 Å². The van der Waals surface area contributed by atoms with E-state index < -0.39 is 5.60 Å². The van der Waals surface area contributed by atoms with E-state index in [2.05, 4.69) is 0 Å². The van der Waals surface area contributed by atoms with Crippen LogP contribution in [0.4, 0.5) is 4.79 Å². The minimum Gasteiger partial charge on any atom is -0.444 e. The van der Waals surface area contributed by atoms with Crippen LogP contribution in [0.25, 0.3) is 0 Å². The number of ether oxygens (including phenoxy) is 1. The fourth-order valence-corrected chi connectivity index (χ4v) is 1.20. The van der Waals surface area contributed by atoms with Crippen LogP contribution in [0.15, 0.2) is 0 Å². The summed E-state index contributed by atoms with van der Waals surface area (Å²) in [5.41, 5.74) is -0.430. The molecule has 0 aromatic heterocycles. The van der Waals surface area contributed by atoms with Crippen LogP contribution in [0.3, 0.4) is 0 Å². The van der Waals surface area contributed by atoms with Gasteiger partial charge in [-0.3, -0.25) is 0 Å². The number of hydrogen-bond acceptors (Lipinski definition) is 3. The van der Waals surface area contributed by atoms with Gasteiger partial charge in [-0.1, -0.05) is 19.1 Å². The second kappa shape index (κ2) is 6.77. The highest BCUT2D eigenvalue weighted by molar-refractivity contribution is 7.78. The summed E-state index contributed by atoms with van der Waals surface area (Å²) in [6.45, 7) is 9.01. The SMILES string of the molecule is CCCN(CCC=S)C(=O)OC(C)(C)C. The second-order valence-corrected chi connectivity index (χ2v) is 4.76. The molecule has 0 unspecified atom stereocenters. The van der Waals surface area contributed by atoms with Crippen molar-refractivity contribution < 1.29 is 9.53 Å². The van der Waals surface area contributed by atoms with E-state index in [-0.39, 0.29) is 6.09 Å². The van der Waals surface area contributed by atoms with Gasteiger partial charge in [0.25, 0.3) is 0 Å². The lowest BCUT2D eigenvalue weighted by atomic mass is 10.2. The van der Waals surface area contributed by atoms with Crippen LogP contribution in [0.2, 0.25) is 0 Å². The molecular weight excluding hydrogens is 210 g/mol. The van der Waals surface area contributed by atoms with Crippen molar-refractivity contribution in [2.45, 2.75) is 46.1 Å². The third kappa shape index (κ3) is 7.31. The maximum absolute atomic E-state index is 11.7. The summed E-state index contributed by atoms with van der Waals surface area (Å²) in [6, 6.07) is 0. The Balaban J connectivity index is 4.21. The number of carbonyl (C=O) groups is 1. The van der Waals surface area contributed by atoms with Crippen LogP contribution in [0, 0.1) is 0 Å². The van der Waals surface area contributed by atoms with Gasteiger partial charge in [-0.05, 0) is 39.0 Å². The smallest absolute Gasteiger partial charge is 0.410 e. The molecule has 0 atom stereocenters. The van der Waals surface area contributed by atoms with Crippen molar-refractivity contribution in [2.24, 2.45) is 0 Å². The summed E-state index contributed by atoms with van der Waals surface area (Å²) in [5.74, 6) is 0. The average Bonchev–Trinajstić information content (AvgIpc) is 2.09. The largest absolute Gasteiger partial charge is 0.444 e. The zero-order valence-electron chi connectivity index (χ0n) is 10.1. The van der Waals surface area contributed by atoms with Crippen molar-refractivity contribution in [3.8, 4) is 0 Å². The fraction of sp³-hybridized carbons (Fsp3) is 0.818. The van der Waals surface area contributed by atoms with E-state index in [1.54, 1.807) is 10.3 Å². The van der Waals surface area contributed by atoms with E-state index >= 15 is 0 Å². The summed E-state index contributed by atoms with van der Waals surface area (Å²) in [5, 5.41) is 1.65. The first-order chi connectivity index (χ1) is 6.90. The number of hydrogen-bond donors (Lipinski definition) is 0. The van der Waals surface area contributed by atoms with E-state index in [9.17, 15) is 4.79 Å². The van der Waals surface area contributed by atoms with Gasteiger partial charge in [-0.25, -0.2) is 4.79 Å². The number of nitrogens with zero attached hydrogens (tertiary/aromatic N) is 1. The Morgan fingerprint density at radius 3 is 2.40 bits per heavy atom. The Morgan fingerprint density at radius 2 is 2.00 bits per heavy atom. The van der Waals surface area contributed by atoms with Gasteiger partial charge in [0.05, 0.1) is 0 Å². The van der Waals surface area contributed by atoms with Crippen LogP contribution >= 0.6 is 12.2 Å². The monoisotopic (exact) mass is 231 g/mol. The molecule has 0 saturated carbocycles. The molecule has 3 nitrogen and oxygen atoms in total. The molecule has 0 aliphatic rings. The van der Waals surface area contributed by atoms with Crippen LogP contribution in [0.5, 0.6) is 0 Å². The van der Waals surface area contributed by atoms with E-state index in [0.717, 1.165) is 19.4 Å². The minimum atomic E-state index is -0.430. The molecule has 0 aliphatic heterocycles. The molecule has 0 aliphatic carbocycles. The molecule has 0 heterocycles. The predicted octanol–water partition coefficient (Wildman–Crippen LogP) is 3.02. The highest BCUT2D eigenvalue weighted by Crippen LogP contribution is 2.10. The van der Waals surface area contributed by atoms with Gasteiger partial charge >= 0.3 is 6.09 Å². The van der Waals surface area contributed by atoms with Crippen LogP contribution in [-0.4, -0.2) is 35.1 Å². The lowest BCUT2D eigenvalue weighted by Gasteiger charge is -2.26. The van der Waals surface area contributed by atoms with Gasteiger partial charge in [0.15, 0.2) is 0 Å². The van der Waals surface area contributed by atoms with Gasteiger partial charge in [0.1, 0.15) is 5.60 Å². The second-order valence-electron chi connectivity index (χ2n) is 4.42.